The molecule has 2 aromatic rings. The number of aromatic amines is 1. The highest BCUT2D eigenvalue weighted by molar-refractivity contribution is 7.71. The first kappa shape index (κ1) is 12.1. The first-order chi connectivity index (χ1) is 8.49. The van der Waals surface area contributed by atoms with E-state index in [1.165, 1.54) is 11.3 Å². The van der Waals surface area contributed by atoms with Crippen molar-refractivity contribution < 1.29 is 0 Å². The van der Waals surface area contributed by atoms with Gasteiger partial charge in [-0.2, -0.15) is 0 Å². The number of fused-ring (bicyclic) bond motifs is 1. The molecule has 3 nitrogen and oxygen atoms in total. The zero-order chi connectivity index (χ0) is 13.0. The summed E-state index contributed by atoms with van der Waals surface area (Å²) >= 11 is 6.93. The van der Waals surface area contributed by atoms with E-state index in [0.717, 1.165) is 28.2 Å². The molecule has 1 aliphatic rings. The molecule has 0 radical (unpaired) electrons. The maximum Gasteiger partial charge on any atom is 0.263 e. The Morgan fingerprint density at radius 2 is 2.17 bits per heavy atom. The highest BCUT2D eigenvalue weighted by Crippen LogP contribution is 2.38. The fourth-order valence-corrected chi connectivity index (χ4v) is 3.79. The number of aromatic nitrogens is 2. The van der Waals surface area contributed by atoms with Gasteiger partial charge in [0.05, 0.1) is 5.39 Å². The average Bonchev–Trinajstić information content (AvgIpc) is 2.91. The Hall–Kier alpha value is -0.940. The maximum absolute atomic E-state index is 12.5. The zero-order valence-corrected chi connectivity index (χ0v) is 12.4. The average molecular weight is 280 g/mol. The van der Waals surface area contributed by atoms with Crippen LogP contribution in [0.2, 0.25) is 0 Å². The Bertz CT molecular complexity index is 738. The first-order valence-electron chi connectivity index (χ1n) is 6.22. The molecule has 2 aromatic heterocycles. The summed E-state index contributed by atoms with van der Waals surface area (Å²) in [6, 6.07) is 0. The van der Waals surface area contributed by atoms with Gasteiger partial charge in [0.2, 0.25) is 0 Å². The lowest BCUT2D eigenvalue weighted by molar-refractivity contribution is 0.567. The quantitative estimate of drug-likeness (QED) is 0.856. The number of nitrogens with zero attached hydrogens (tertiary/aromatic N) is 1. The van der Waals surface area contributed by atoms with Crippen molar-refractivity contribution in [3.05, 3.63) is 25.6 Å². The molecular formula is C13H16N2OS2. The van der Waals surface area contributed by atoms with Gasteiger partial charge in [0.25, 0.3) is 5.56 Å². The van der Waals surface area contributed by atoms with E-state index < -0.39 is 0 Å². The molecule has 5 heteroatoms. The molecule has 2 heterocycles. The molecule has 0 amide bonds. The predicted octanol–water partition coefficient (Wildman–Crippen LogP) is 3.39. The Kier molecular flexibility index (Phi) is 2.71. The molecule has 96 valence electrons. The van der Waals surface area contributed by atoms with Crippen molar-refractivity contribution in [1.29, 1.82) is 0 Å². The Labute approximate surface area is 114 Å². The summed E-state index contributed by atoms with van der Waals surface area (Å²) in [5.74, 6) is 1.35. The summed E-state index contributed by atoms with van der Waals surface area (Å²) in [6.07, 6.45) is 1.21. The summed E-state index contributed by atoms with van der Waals surface area (Å²) in [6.45, 7) is 7.04. The van der Waals surface area contributed by atoms with Crippen LogP contribution in [0, 0.1) is 30.5 Å². The van der Waals surface area contributed by atoms with Gasteiger partial charge in [0, 0.05) is 11.4 Å². The van der Waals surface area contributed by atoms with Crippen molar-refractivity contribution in [2.24, 2.45) is 11.8 Å². The van der Waals surface area contributed by atoms with E-state index >= 15 is 0 Å². The van der Waals surface area contributed by atoms with Crippen LogP contribution in [0.1, 0.15) is 23.8 Å². The lowest BCUT2D eigenvalue weighted by Gasteiger charge is -2.05. The van der Waals surface area contributed by atoms with E-state index in [2.05, 4.69) is 11.9 Å². The van der Waals surface area contributed by atoms with Gasteiger partial charge in [-0.25, -0.2) is 0 Å². The van der Waals surface area contributed by atoms with Crippen LogP contribution in [-0.2, 0) is 6.54 Å². The Morgan fingerprint density at radius 3 is 2.78 bits per heavy atom. The van der Waals surface area contributed by atoms with Crippen LogP contribution in [0.25, 0.3) is 10.2 Å². The minimum absolute atomic E-state index is 0.0784. The molecular weight excluding hydrogens is 264 g/mol. The SMILES string of the molecule is Cc1sc2[nH]c(=S)n(CC3CC3C)c(=O)c2c1C. The third kappa shape index (κ3) is 1.77. The number of hydrogen-bond donors (Lipinski definition) is 1. The van der Waals surface area contributed by atoms with Gasteiger partial charge in [0.15, 0.2) is 4.77 Å². The molecule has 0 aliphatic heterocycles. The van der Waals surface area contributed by atoms with Crippen molar-refractivity contribution in [2.75, 3.05) is 0 Å². The smallest absolute Gasteiger partial charge is 0.263 e. The molecule has 1 aliphatic carbocycles. The molecule has 18 heavy (non-hydrogen) atoms. The van der Waals surface area contributed by atoms with Gasteiger partial charge in [-0.05, 0) is 49.9 Å². The minimum atomic E-state index is 0.0784. The van der Waals surface area contributed by atoms with Gasteiger partial charge < -0.3 is 4.98 Å². The highest BCUT2D eigenvalue weighted by atomic mass is 32.1. The summed E-state index contributed by atoms with van der Waals surface area (Å²) < 4.78 is 2.30. The van der Waals surface area contributed by atoms with Gasteiger partial charge in [-0.3, -0.25) is 9.36 Å². The van der Waals surface area contributed by atoms with Crippen molar-refractivity contribution in [2.45, 2.75) is 33.7 Å². The molecule has 0 saturated heterocycles. The third-order valence-electron chi connectivity index (χ3n) is 4.00. The van der Waals surface area contributed by atoms with Crippen molar-refractivity contribution >= 4 is 33.8 Å². The number of aryl methyl sites for hydroxylation is 2. The largest absolute Gasteiger partial charge is 0.323 e. The second-order valence-electron chi connectivity index (χ2n) is 5.31. The van der Waals surface area contributed by atoms with Crippen LogP contribution in [-0.4, -0.2) is 9.55 Å². The van der Waals surface area contributed by atoms with E-state index in [-0.39, 0.29) is 5.56 Å². The minimum Gasteiger partial charge on any atom is -0.323 e. The molecule has 1 fully saturated rings. The topological polar surface area (TPSA) is 37.8 Å². The van der Waals surface area contributed by atoms with Crippen LogP contribution in [0.15, 0.2) is 4.79 Å². The zero-order valence-electron chi connectivity index (χ0n) is 10.7. The lowest BCUT2D eigenvalue weighted by Crippen LogP contribution is -2.23. The highest BCUT2D eigenvalue weighted by Gasteiger charge is 2.33. The van der Waals surface area contributed by atoms with Crippen LogP contribution in [0.4, 0.5) is 0 Å². The number of thiophene rings is 1. The van der Waals surface area contributed by atoms with Crippen LogP contribution in [0.5, 0.6) is 0 Å². The summed E-state index contributed by atoms with van der Waals surface area (Å²) in [5, 5.41) is 0.819. The van der Waals surface area contributed by atoms with Gasteiger partial charge in [-0.1, -0.05) is 6.92 Å². The number of H-pyrrole nitrogens is 1. The Morgan fingerprint density at radius 1 is 1.50 bits per heavy atom. The second kappa shape index (κ2) is 4.03. The predicted molar refractivity (Wildman–Crippen MR) is 78.0 cm³/mol. The lowest BCUT2D eigenvalue weighted by atomic mass is 10.2. The summed E-state index contributed by atoms with van der Waals surface area (Å²) in [7, 11) is 0. The van der Waals surface area contributed by atoms with E-state index in [1.807, 2.05) is 13.8 Å². The van der Waals surface area contributed by atoms with Crippen molar-refractivity contribution in [3.8, 4) is 0 Å². The van der Waals surface area contributed by atoms with Gasteiger partial charge in [0.1, 0.15) is 4.83 Å². The van der Waals surface area contributed by atoms with E-state index in [4.69, 9.17) is 12.2 Å². The third-order valence-corrected chi connectivity index (χ3v) is 5.45. The van der Waals surface area contributed by atoms with Gasteiger partial charge >= 0.3 is 0 Å². The van der Waals surface area contributed by atoms with Gasteiger partial charge in [-0.15, -0.1) is 11.3 Å². The molecule has 0 bridgehead atoms. The van der Waals surface area contributed by atoms with Crippen LogP contribution in [0.3, 0.4) is 0 Å². The molecule has 2 atom stereocenters. The van der Waals surface area contributed by atoms with Crippen LogP contribution < -0.4 is 5.56 Å². The second-order valence-corrected chi connectivity index (χ2v) is 6.92. The standard InChI is InChI=1S/C13H16N2OS2/c1-6-4-9(6)5-15-12(16)10-7(2)8(3)18-11(10)14-13(15)17/h6,9H,4-5H2,1-3H3,(H,14,17). The molecule has 0 spiro atoms. The van der Waals surface area contributed by atoms with E-state index in [1.54, 1.807) is 15.9 Å². The molecule has 1 saturated carbocycles. The summed E-state index contributed by atoms with van der Waals surface area (Å²) in [5.41, 5.74) is 1.17. The number of nitrogens with one attached hydrogen (secondary N) is 1. The maximum atomic E-state index is 12.5. The van der Waals surface area contributed by atoms with Crippen molar-refractivity contribution in [3.63, 3.8) is 0 Å². The first-order valence-corrected chi connectivity index (χ1v) is 7.44. The molecule has 0 aromatic carbocycles. The van der Waals surface area contributed by atoms with Crippen LogP contribution >= 0.6 is 23.6 Å². The summed E-state index contributed by atoms with van der Waals surface area (Å²) in [4.78, 5) is 17.8. The Balaban J connectivity index is 2.22. The van der Waals surface area contributed by atoms with Crippen molar-refractivity contribution in [1.82, 2.24) is 9.55 Å². The fourth-order valence-electron chi connectivity index (χ4n) is 2.42. The van der Waals surface area contributed by atoms with E-state index in [9.17, 15) is 4.79 Å². The van der Waals surface area contributed by atoms with E-state index in [0.29, 0.717) is 10.7 Å². The fraction of sp³-hybridized carbons (Fsp3) is 0.538. The monoisotopic (exact) mass is 280 g/mol. The number of rotatable bonds is 2. The molecule has 3 rings (SSSR count). The molecule has 1 N–H and O–H groups in total. The normalized spacial score (nSPS) is 22.6. The molecule has 2 unspecified atom stereocenters. The number of hydrogen-bond acceptors (Lipinski definition) is 3.